The Morgan fingerprint density at radius 2 is 1.86 bits per heavy atom. The normalized spacial score (nSPS) is 10.9. The van der Waals surface area contributed by atoms with Gasteiger partial charge < -0.3 is 14.5 Å². The lowest BCUT2D eigenvalue weighted by molar-refractivity contribution is -0.115. The zero-order valence-electron chi connectivity index (χ0n) is 15.5. The molecule has 0 aliphatic rings. The number of anilines is 1. The number of carbonyl (C=O) groups is 1. The molecule has 0 aliphatic heterocycles. The summed E-state index contributed by atoms with van der Waals surface area (Å²) >= 11 is 0. The zero-order valence-corrected chi connectivity index (χ0v) is 15.5. The molecule has 0 spiro atoms. The summed E-state index contributed by atoms with van der Waals surface area (Å²) in [7, 11) is 1.56. The number of rotatable bonds is 5. The number of benzene rings is 3. The van der Waals surface area contributed by atoms with E-state index in [4.69, 9.17) is 9.15 Å². The first-order valence-corrected chi connectivity index (χ1v) is 8.93. The highest BCUT2D eigenvalue weighted by atomic mass is 19.1. The summed E-state index contributed by atoms with van der Waals surface area (Å²) in [6, 6.07) is 16.0. The summed E-state index contributed by atoms with van der Waals surface area (Å²) in [6.45, 7) is 0. The molecular weight excluding hydrogens is 376 g/mol. The zero-order chi connectivity index (χ0) is 20.4. The minimum Gasteiger partial charge on any atom is -0.497 e. The van der Waals surface area contributed by atoms with Crippen LogP contribution in [0.5, 0.6) is 5.75 Å². The first kappa shape index (κ1) is 18.7. The van der Waals surface area contributed by atoms with Crippen LogP contribution in [0.2, 0.25) is 0 Å². The van der Waals surface area contributed by atoms with Crippen molar-refractivity contribution in [3.8, 4) is 16.9 Å². The van der Waals surface area contributed by atoms with Gasteiger partial charge in [-0.15, -0.1) is 0 Å². The molecule has 146 valence electrons. The van der Waals surface area contributed by atoms with E-state index >= 15 is 0 Å². The van der Waals surface area contributed by atoms with Crippen molar-refractivity contribution in [3.63, 3.8) is 0 Å². The number of nitrogens with one attached hydrogen (secondary N) is 1. The van der Waals surface area contributed by atoms with E-state index < -0.39 is 17.5 Å². The third-order valence-electron chi connectivity index (χ3n) is 4.62. The van der Waals surface area contributed by atoms with Crippen LogP contribution in [0.1, 0.15) is 5.56 Å². The molecule has 3 aromatic carbocycles. The van der Waals surface area contributed by atoms with E-state index in [-0.39, 0.29) is 17.7 Å². The van der Waals surface area contributed by atoms with E-state index in [0.717, 1.165) is 11.5 Å². The van der Waals surface area contributed by atoms with Crippen molar-refractivity contribution in [2.45, 2.75) is 6.42 Å². The summed E-state index contributed by atoms with van der Waals surface area (Å²) < 4.78 is 38.9. The Kier molecular flexibility index (Phi) is 4.99. The van der Waals surface area contributed by atoms with Crippen LogP contribution in [0.15, 0.2) is 71.3 Å². The molecule has 1 aromatic heterocycles. The number of ether oxygens (including phenoxy) is 1. The van der Waals surface area contributed by atoms with Crippen LogP contribution in [-0.2, 0) is 11.2 Å². The van der Waals surface area contributed by atoms with Gasteiger partial charge >= 0.3 is 0 Å². The number of amides is 1. The summed E-state index contributed by atoms with van der Waals surface area (Å²) in [6.07, 6.45) is 1.47. The van der Waals surface area contributed by atoms with Gasteiger partial charge in [-0.1, -0.05) is 30.3 Å². The van der Waals surface area contributed by atoms with Crippen LogP contribution in [0, 0.1) is 11.6 Å². The highest BCUT2D eigenvalue weighted by Crippen LogP contribution is 2.32. The maximum absolute atomic E-state index is 14.5. The largest absolute Gasteiger partial charge is 0.497 e. The summed E-state index contributed by atoms with van der Waals surface area (Å²) in [5, 5.41) is 3.35. The predicted molar refractivity (Wildman–Crippen MR) is 107 cm³/mol. The van der Waals surface area contributed by atoms with E-state index in [1.54, 1.807) is 55.6 Å². The molecule has 1 heterocycles. The number of furan rings is 1. The topological polar surface area (TPSA) is 51.5 Å². The lowest BCUT2D eigenvalue weighted by Gasteiger charge is -2.13. The van der Waals surface area contributed by atoms with Crippen LogP contribution < -0.4 is 10.1 Å². The molecule has 0 saturated heterocycles. The molecule has 0 aliphatic carbocycles. The molecule has 1 N–H and O–H groups in total. The molecule has 29 heavy (non-hydrogen) atoms. The summed E-state index contributed by atoms with van der Waals surface area (Å²) in [5.41, 5.74) is 2.06. The summed E-state index contributed by atoms with van der Waals surface area (Å²) in [4.78, 5) is 12.6. The van der Waals surface area contributed by atoms with Crippen LogP contribution in [-0.4, -0.2) is 13.0 Å². The van der Waals surface area contributed by atoms with Crippen molar-refractivity contribution in [2.24, 2.45) is 0 Å². The van der Waals surface area contributed by atoms with Gasteiger partial charge in [0.05, 0.1) is 25.5 Å². The SMILES string of the molecule is COc1ccc2c(CC(=O)Nc3c(F)cc(F)cc3-c3ccccc3)coc2c1. The maximum Gasteiger partial charge on any atom is 0.229 e. The minimum absolute atomic E-state index is 0.0234. The van der Waals surface area contributed by atoms with E-state index in [1.165, 1.54) is 12.3 Å². The van der Waals surface area contributed by atoms with Crippen LogP contribution in [0.4, 0.5) is 14.5 Å². The third-order valence-corrected chi connectivity index (χ3v) is 4.62. The molecule has 4 nitrogen and oxygen atoms in total. The Morgan fingerprint density at radius 3 is 2.62 bits per heavy atom. The van der Waals surface area contributed by atoms with Crippen molar-refractivity contribution in [1.82, 2.24) is 0 Å². The molecule has 0 atom stereocenters. The van der Waals surface area contributed by atoms with Gasteiger partial charge in [0.2, 0.25) is 5.91 Å². The third kappa shape index (κ3) is 3.82. The van der Waals surface area contributed by atoms with Gasteiger partial charge in [-0.2, -0.15) is 0 Å². The lowest BCUT2D eigenvalue weighted by atomic mass is 10.0. The van der Waals surface area contributed by atoms with E-state index in [9.17, 15) is 13.6 Å². The average molecular weight is 393 g/mol. The second-order valence-corrected chi connectivity index (χ2v) is 6.52. The van der Waals surface area contributed by atoms with Crippen LogP contribution in [0.25, 0.3) is 22.1 Å². The number of methoxy groups -OCH3 is 1. The van der Waals surface area contributed by atoms with Gasteiger partial charge in [0.15, 0.2) is 0 Å². The van der Waals surface area contributed by atoms with Gasteiger partial charge in [0.1, 0.15) is 23.0 Å². The molecular formula is C23H17F2NO3. The summed E-state index contributed by atoms with van der Waals surface area (Å²) in [5.74, 6) is -1.34. The highest BCUT2D eigenvalue weighted by Gasteiger charge is 2.17. The van der Waals surface area contributed by atoms with Crippen molar-refractivity contribution < 1.29 is 22.7 Å². The Morgan fingerprint density at radius 1 is 1.07 bits per heavy atom. The van der Waals surface area contributed by atoms with Gasteiger partial charge in [-0.3, -0.25) is 4.79 Å². The maximum atomic E-state index is 14.5. The Labute approximate surface area is 165 Å². The second-order valence-electron chi connectivity index (χ2n) is 6.52. The Balaban J connectivity index is 1.62. The minimum atomic E-state index is -0.834. The quantitative estimate of drug-likeness (QED) is 0.482. The molecule has 1 amide bonds. The standard InChI is InChI=1S/C23H17F2NO3/c1-28-17-7-8-18-15(13-29-21(18)12-17)9-22(27)26-23-19(10-16(24)11-20(23)25)14-5-3-2-4-6-14/h2-8,10-13H,9H2,1H3,(H,26,27). The average Bonchev–Trinajstić information content (AvgIpc) is 3.12. The molecule has 0 saturated carbocycles. The fraction of sp³-hybridized carbons (Fsp3) is 0.0870. The van der Waals surface area contributed by atoms with Crippen molar-refractivity contribution in [3.05, 3.63) is 84.1 Å². The van der Waals surface area contributed by atoms with Crippen molar-refractivity contribution >= 4 is 22.6 Å². The molecule has 0 unspecified atom stereocenters. The number of halogens is 2. The van der Waals surface area contributed by atoms with Gasteiger partial charge in [0, 0.05) is 28.6 Å². The smallest absolute Gasteiger partial charge is 0.229 e. The van der Waals surface area contributed by atoms with Crippen molar-refractivity contribution in [1.29, 1.82) is 0 Å². The monoisotopic (exact) mass is 393 g/mol. The highest BCUT2D eigenvalue weighted by molar-refractivity contribution is 5.98. The molecule has 0 fully saturated rings. The second kappa shape index (κ2) is 7.75. The number of hydrogen-bond acceptors (Lipinski definition) is 3. The van der Waals surface area contributed by atoms with Crippen LogP contribution >= 0.6 is 0 Å². The van der Waals surface area contributed by atoms with Gasteiger partial charge in [0.25, 0.3) is 0 Å². The fourth-order valence-electron chi connectivity index (χ4n) is 3.23. The first-order valence-electron chi connectivity index (χ1n) is 8.93. The van der Waals surface area contributed by atoms with Crippen molar-refractivity contribution in [2.75, 3.05) is 12.4 Å². The number of carbonyl (C=O) groups excluding carboxylic acids is 1. The lowest BCUT2D eigenvalue weighted by Crippen LogP contribution is -2.16. The van der Waals surface area contributed by atoms with E-state index in [0.29, 0.717) is 22.5 Å². The fourth-order valence-corrected chi connectivity index (χ4v) is 3.23. The Bertz CT molecular complexity index is 1190. The molecule has 0 radical (unpaired) electrons. The van der Waals surface area contributed by atoms with E-state index in [1.807, 2.05) is 0 Å². The van der Waals surface area contributed by atoms with E-state index in [2.05, 4.69) is 5.32 Å². The van der Waals surface area contributed by atoms with Gasteiger partial charge in [-0.25, -0.2) is 8.78 Å². The predicted octanol–water partition coefficient (Wildman–Crippen LogP) is 5.57. The number of hydrogen-bond donors (Lipinski definition) is 1. The first-order chi connectivity index (χ1) is 14.0. The molecule has 6 heteroatoms. The molecule has 4 aromatic rings. The van der Waals surface area contributed by atoms with Gasteiger partial charge in [-0.05, 0) is 23.8 Å². The van der Waals surface area contributed by atoms with Crippen LogP contribution in [0.3, 0.4) is 0 Å². The number of fused-ring (bicyclic) bond motifs is 1. The Hall–Kier alpha value is -3.67. The molecule has 4 rings (SSSR count). The molecule has 0 bridgehead atoms.